The first-order valence-electron chi connectivity index (χ1n) is 14.8. The van der Waals surface area contributed by atoms with Gasteiger partial charge in [0.1, 0.15) is 13.6 Å². The van der Waals surface area contributed by atoms with Crippen LogP contribution < -0.4 is 13.7 Å². The predicted octanol–water partition coefficient (Wildman–Crippen LogP) is 7.06. The van der Waals surface area contributed by atoms with Crippen LogP contribution in [0.15, 0.2) is 104 Å². The van der Waals surface area contributed by atoms with Crippen molar-refractivity contribution < 1.29 is 13.7 Å². The summed E-state index contributed by atoms with van der Waals surface area (Å²) in [5, 5.41) is 0. The van der Waals surface area contributed by atoms with Crippen molar-refractivity contribution in [2.24, 2.45) is 7.05 Å². The van der Waals surface area contributed by atoms with E-state index in [1.807, 2.05) is 0 Å². The minimum absolute atomic E-state index is 1.03. The first-order chi connectivity index (χ1) is 19.6. The third kappa shape index (κ3) is 5.21. The lowest BCUT2D eigenvalue weighted by atomic mass is 9.83. The number of aryl methyl sites for hydroxylation is 4. The van der Waals surface area contributed by atoms with Crippen LogP contribution in [0.4, 0.5) is 0 Å². The van der Waals surface area contributed by atoms with Crippen molar-refractivity contribution in [2.75, 3.05) is 0 Å². The highest BCUT2D eigenvalue weighted by molar-refractivity contribution is 5.80. The molecule has 0 fully saturated rings. The van der Waals surface area contributed by atoms with Gasteiger partial charge in [-0.15, -0.1) is 0 Å². The fraction of sp³-hybridized carbons (Fsp3) is 0.270. The lowest BCUT2D eigenvalue weighted by molar-refractivity contribution is -0.697. The molecule has 5 aromatic rings. The molecule has 3 nitrogen and oxygen atoms in total. The molecule has 0 saturated heterocycles. The molecule has 0 N–H and O–H groups in total. The molecule has 0 spiro atoms. The van der Waals surface area contributed by atoms with Gasteiger partial charge in [-0.05, 0) is 61.1 Å². The van der Waals surface area contributed by atoms with Crippen molar-refractivity contribution >= 4 is 0 Å². The minimum Gasteiger partial charge on any atom is -0.207 e. The average Bonchev–Trinajstić information content (AvgIpc) is 3.00. The largest absolute Gasteiger partial charge is 0.223 e. The maximum Gasteiger partial charge on any atom is 0.223 e. The second-order valence-electron chi connectivity index (χ2n) is 11.2. The summed E-state index contributed by atoms with van der Waals surface area (Å²) in [6, 6.07) is 29.5. The van der Waals surface area contributed by atoms with Gasteiger partial charge in [0, 0.05) is 35.7 Å². The molecule has 3 aromatic heterocycles. The lowest BCUT2D eigenvalue weighted by Crippen LogP contribution is -2.40. The molecule has 1 aliphatic carbocycles. The standard InChI is InChI=1S/C37H40N3/c1-4-5-6-9-22-39-25-18-30(19-26-39)35-27-36(31-14-12-28(2)13-15-31)40(32-20-23-38(3)24-21-32)37-33-11-8-7-10-29(33)16-17-34(35)37/h7-8,10-15,18-21,23-27H,4-6,9,16-17,22H2,1-3H3/q+3. The van der Waals surface area contributed by atoms with Gasteiger partial charge in [0.25, 0.3) is 0 Å². The molecule has 0 amide bonds. The summed E-state index contributed by atoms with van der Waals surface area (Å²) in [4.78, 5) is 0. The first-order valence-corrected chi connectivity index (χ1v) is 14.8. The molecule has 0 unspecified atom stereocenters. The van der Waals surface area contributed by atoms with Gasteiger partial charge in [0.2, 0.25) is 17.1 Å². The molecule has 0 aliphatic heterocycles. The van der Waals surface area contributed by atoms with Crippen molar-refractivity contribution in [1.29, 1.82) is 0 Å². The Morgan fingerprint density at radius 1 is 0.700 bits per heavy atom. The van der Waals surface area contributed by atoms with E-state index in [1.54, 1.807) is 0 Å². The Labute approximate surface area is 239 Å². The first kappa shape index (κ1) is 26.1. The molecule has 0 bridgehead atoms. The number of hydrogen-bond donors (Lipinski definition) is 0. The van der Waals surface area contributed by atoms with E-state index < -0.39 is 0 Å². The molecule has 3 heteroatoms. The van der Waals surface area contributed by atoms with Gasteiger partial charge in [-0.3, -0.25) is 0 Å². The third-order valence-corrected chi connectivity index (χ3v) is 8.31. The molecule has 200 valence electrons. The number of rotatable bonds is 8. The highest BCUT2D eigenvalue weighted by Gasteiger charge is 2.33. The van der Waals surface area contributed by atoms with Gasteiger partial charge in [0.15, 0.2) is 24.8 Å². The Balaban J connectivity index is 1.57. The van der Waals surface area contributed by atoms with Crippen LogP contribution in [0.2, 0.25) is 0 Å². The highest BCUT2D eigenvalue weighted by atomic mass is 15.0. The van der Waals surface area contributed by atoms with Crippen LogP contribution in [-0.2, 0) is 26.4 Å². The van der Waals surface area contributed by atoms with Gasteiger partial charge in [-0.2, -0.15) is 4.57 Å². The van der Waals surface area contributed by atoms with Gasteiger partial charge >= 0.3 is 0 Å². The second-order valence-corrected chi connectivity index (χ2v) is 11.2. The Morgan fingerprint density at radius 3 is 2.20 bits per heavy atom. The monoisotopic (exact) mass is 526 g/mol. The Bertz CT molecular complexity index is 1620. The van der Waals surface area contributed by atoms with E-state index in [9.17, 15) is 0 Å². The summed E-state index contributed by atoms with van der Waals surface area (Å²) >= 11 is 0. The van der Waals surface area contributed by atoms with Crippen LogP contribution >= 0.6 is 0 Å². The molecule has 3 heterocycles. The Hall–Kier alpha value is -4.11. The molecule has 2 aromatic carbocycles. The average molecular weight is 527 g/mol. The van der Waals surface area contributed by atoms with Crippen molar-refractivity contribution in [3.05, 3.63) is 120 Å². The van der Waals surface area contributed by atoms with E-state index in [0.29, 0.717) is 0 Å². The quantitative estimate of drug-likeness (QED) is 0.151. The molecular weight excluding hydrogens is 486 g/mol. The number of nitrogens with zero attached hydrogens (tertiary/aromatic N) is 3. The van der Waals surface area contributed by atoms with Crippen LogP contribution in [0, 0.1) is 6.92 Å². The molecule has 0 radical (unpaired) electrons. The van der Waals surface area contributed by atoms with E-state index in [0.717, 1.165) is 19.4 Å². The Kier molecular flexibility index (Phi) is 7.55. The molecule has 6 rings (SSSR count). The normalized spacial score (nSPS) is 12.2. The van der Waals surface area contributed by atoms with Crippen molar-refractivity contribution in [3.63, 3.8) is 0 Å². The zero-order valence-electron chi connectivity index (χ0n) is 24.1. The van der Waals surface area contributed by atoms with Crippen LogP contribution in [-0.4, -0.2) is 0 Å². The zero-order valence-corrected chi connectivity index (χ0v) is 24.1. The summed E-state index contributed by atoms with van der Waals surface area (Å²) in [7, 11) is 2.08. The van der Waals surface area contributed by atoms with Crippen LogP contribution in [0.3, 0.4) is 0 Å². The molecular formula is C37H40N3+3. The maximum atomic E-state index is 2.50. The maximum absolute atomic E-state index is 2.50. The minimum atomic E-state index is 1.03. The number of benzene rings is 2. The summed E-state index contributed by atoms with van der Waals surface area (Å²) < 4.78 is 6.94. The Morgan fingerprint density at radius 2 is 1.45 bits per heavy atom. The number of unbranched alkanes of at least 4 members (excludes halogenated alkanes) is 3. The summed E-state index contributed by atoms with van der Waals surface area (Å²) in [6.07, 6.45) is 16.1. The molecule has 40 heavy (non-hydrogen) atoms. The summed E-state index contributed by atoms with van der Waals surface area (Å²) in [5.74, 6) is 0. The van der Waals surface area contributed by atoms with Gasteiger partial charge in [-0.25, -0.2) is 9.13 Å². The number of fused-ring (bicyclic) bond motifs is 3. The van der Waals surface area contributed by atoms with Gasteiger partial charge in [0.05, 0.1) is 17.7 Å². The highest BCUT2D eigenvalue weighted by Crippen LogP contribution is 2.39. The van der Waals surface area contributed by atoms with Crippen molar-refractivity contribution in [1.82, 2.24) is 0 Å². The van der Waals surface area contributed by atoms with E-state index in [2.05, 4.69) is 138 Å². The number of aromatic nitrogens is 3. The number of hydrogen-bond acceptors (Lipinski definition) is 0. The van der Waals surface area contributed by atoms with E-state index in [-0.39, 0.29) is 0 Å². The molecule has 0 saturated carbocycles. The summed E-state index contributed by atoms with van der Waals surface area (Å²) in [5.41, 5.74) is 13.1. The summed E-state index contributed by atoms with van der Waals surface area (Å²) in [6.45, 7) is 5.51. The smallest absolute Gasteiger partial charge is 0.207 e. The van der Waals surface area contributed by atoms with Gasteiger partial charge in [-0.1, -0.05) is 55.7 Å². The van der Waals surface area contributed by atoms with Crippen LogP contribution in [0.25, 0.3) is 39.3 Å². The second kappa shape index (κ2) is 11.6. The lowest BCUT2D eigenvalue weighted by Gasteiger charge is -2.22. The predicted molar refractivity (Wildman–Crippen MR) is 162 cm³/mol. The van der Waals surface area contributed by atoms with Gasteiger partial charge < -0.3 is 0 Å². The van der Waals surface area contributed by atoms with Crippen molar-refractivity contribution in [3.8, 4) is 39.3 Å². The SMILES string of the molecule is CCCCCC[n+]1ccc(-c2cc(-c3ccc(C)cc3)[n+](-c3cc[n+](C)cc3)c3c2CCc2ccccc2-3)cc1. The zero-order chi connectivity index (χ0) is 27.5. The fourth-order valence-corrected chi connectivity index (χ4v) is 6.05. The third-order valence-electron chi connectivity index (χ3n) is 8.31. The molecule has 1 aliphatic rings. The van der Waals surface area contributed by atoms with E-state index in [1.165, 1.54) is 81.7 Å². The van der Waals surface area contributed by atoms with E-state index in [4.69, 9.17) is 0 Å². The van der Waals surface area contributed by atoms with Crippen molar-refractivity contribution in [2.45, 2.75) is 58.9 Å². The van der Waals surface area contributed by atoms with Crippen LogP contribution in [0.1, 0.15) is 49.3 Å². The molecule has 0 atom stereocenters. The fourth-order valence-electron chi connectivity index (χ4n) is 6.05. The number of pyridine rings is 3. The topological polar surface area (TPSA) is 11.6 Å². The van der Waals surface area contributed by atoms with Crippen LogP contribution in [0.5, 0.6) is 0 Å². The van der Waals surface area contributed by atoms with E-state index >= 15 is 0 Å².